The van der Waals surface area contributed by atoms with Gasteiger partial charge < -0.3 is 5.32 Å². The molecule has 2 aromatic carbocycles. The number of nitrogens with one attached hydrogen (secondary N) is 1. The van der Waals surface area contributed by atoms with Crippen LogP contribution in [0.5, 0.6) is 0 Å². The number of aromatic nitrogens is 3. The van der Waals surface area contributed by atoms with Crippen LogP contribution < -0.4 is 10.9 Å². The van der Waals surface area contributed by atoms with Gasteiger partial charge in [0.15, 0.2) is 4.83 Å². The Morgan fingerprint density at radius 2 is 1.74 bits per heavy atom. The van der Waals surface area contributed by atoms with Crippen molar-refractivity contribution in [2.45, 2.75) is 13.1 Å². The highest BCUT2D eigenvalue weighted by atomic mass is 32.1. The largest absolute Gasteiger partial charge is 0.350 e. The Morgan fingerprint density at radius 1 is 1.04 bits per heavy atom. The van der Waals surface area contributed by atoms with Gasteiger partial charge in [-0.05, 0) is 17.2 Å². The average Bonchev–Trinajstić information content (AvgIpc) is 3.15. The summed E-state index contributed by atoms with van der Waals surface area (Å²) >= 11 is 1.41. The predicted molar refractivity (Wildman–Crippen MR) is 105 cm³/mol. The first-order valence-corrected chi connectivity index (χ1v) is 9.26. The molecule has 27 heavy (non-hydrogen) atoms. The zero-order valence-corrected chi connectivity index (χ0v) is 15.1. The van der Waals surface area contributed by atoms with E-state index in [4.69, 9.17) is 0 Å². The summed E-state index contributed by atoms with van der Waals surface area (Å²) in [7, 11) is 0. The van der Waals surface area contributed by atoms with Gasteiger partial charge in [-0.3, -0.25) is 9.59 Å². The van der Waals surface area contributed by atoms with E-state index in [0.717, 1.165) is 20.7 Å². The van der Waals surface area contributed by atoms with Crippen LogP contribution in [0.3, 0.4) is 0 Å². The van der Waals surface area contributed by atoms with E-state index in [-0.39, 0.29) is 18.0 Å². The molecular formula is C20H16N4O2S. The number of carbonyl (C=O) groups is 1. The SMILES string of the molecule is O=C(Cn1nnc2sc(-c3ccccc3)cc2c1=O)NCc1ccccc1. The monoisotopic (exact) mass is 376 g/mol. The minimum atomic E-state index is -0.312. The summed E-state index contributed by atoms with van der Waals surface area (Å²) in [5.74, 6) is -0.284. The van der Waals surface area contributed by atoms with Gasteiger partial charge in [0, 0.05) is 11.4 Å². The Labute approximate surface area is 159 Å². The molecule has 0 aliphatic heterocycles. The van der Waals surface area contributed by atoms with Crippen LogP contribution in [0.15, 0.2) is 71.5 Å². The smallest absolute Gasteiger partial charge is 0.279 e. The van der Waals surface area contributed by atoms with Gasteiger partial charge in [0.25, 0.3) is 5.56 Å². The lowest BCUT2D eigenvalue weighted by atomic mass is 10.2. The fraction of sp³-hybridized carbons (Fsp3) is 0.100. The van der Waals surface area contributed by atoms with Crippen molar-refractivity contribution in [3.8, 4) is 10.4 Å². The highest BCUT2D eigenvalue weighted by molar-refractivity contribution is 7.21. The first-order valence-electron chi connectivity index (χ1n) is 8.44. The van der Waals surface area contributed by atoms with E-state index < -0.39 is 0 Å². The summed E-state index contributed by atoms with van der Waals surface area (Å²) in [6, 6.07) is 21.2. The van der Waals surface area contributed by atoms with Crippen molar-refractivity contribution >= 4 is 27.5 Å². The number of fused-ring (bicyclic) bond motifs is 1. The minimum Gasteiger partial charge on any atom is -0.350 e. The predicted octanol–water partition coefficient (Wildman–Crippen LogP) is 2.84. The number of hydrogen-bond acceptors (Lipinski definition) is 5. The quantitative estimate of drug-likeness (QED) is 0.581. The molecule has 0 atom stereocenters. The highest BCUT2D eigenvalue weighted by Gasteiger charge is 2.13. The molecule has 1 amide bonds. The van der Waals surface area contributed by atoms with E-state index in [0.29, 0.717) is 16.8 Å². The third-order valence-corrected chi connectivity index (χ3v) is 5.17. The van der Waals surface area contributed by atoms with Crippen molar-refractivity contribution in [2.24, 2.45) is 0 Å². The molecule has 0 unspecified atom stereocenters. The number of hydrogen-bond donors (Lipinski definition) is 1. The molecule has 0 radical (unpaired) electrons. The lowest BCUT2D eigenvalue weighted by Crippen LogP contribution is -2.33. The molecule has 4 aromatic rings. The molecule has 0 saturated heterocycles. The van der Waals surface area contributed by atoms with E-state index in [9.17, 15) is 9.59 Å². The van der Waals surface area contributed by atoms with Crippen molar-refractivity contribution in [3.05, 3.63) is 82.6 Å². The summed E-state index contributed by atoms with van der Waals surface area (Å²) < 4.78 is 1.10. The van der Waals surface area contributed by atoms with Crippen molar-refractivity contribution in [1.82, 2.24) is 20.3 Å². The molecule has 134 valence electrons. The van der Waals surface area contributed by atoms with Crippen molar-refractivity contribution in [2.75, 3.05) is 0 Å². The molecule has 0 saturated carbocycles. The first-order chi connectivity index (χ1) is 13.2. The van der Waals surface area contributed by atoms with Crippen LogP contribution in [0.1, 0.15) is 5.56 Å². The van der Waals surface area contributed by atoms with Crippen molar-refractivity contribution in [1.29, 1.82) is 0 Å². The maximum atomic E-state index is 12.7. The minimum absolute atomic E-state index is 0.162. The molecule has 2 heterocycles. The number of benzene rings is 2. The summed E-state index contributed by atoms with van der Waals surface area (Å²) in [5, 5.41) is 11.3. The Morgan fingerprint density at radius 3 is 2.48 bits per heavy atom. The molecule has 0 fully saturated rings. The second kappa shape index (κ2) is 7.51. The van der Waals surface area contributed by atoms with E-state index in [1.54, 1.807) is 0 Å². The fourth-order valence-electron chi connectivity index (χ4n) is 2.72. The van der Waals surface area contributed by atoms with Crippen LogP contribution in [-0.4, -0.2) is 20.9 Å². The van der Waals surface area contributed by atoms with Crippen LogP contribution in [-0.2, 0) is 17.9 Å². The van der Waals surface area contributed by atoms with E-state index in [1.165, 1.54) is 11.3 Å². The Balaban J connectivity index is 1.53. The molecule has 0 aliphatic rings. The van der Waals surface area contributed by atoms with Gasteiger partial charge in [-0.1, -0.05) is 65.9 Å². The standard InChI is InChI=1S/C20H16N4O2S/c25-18(21-12-14-7-3-1-4-8-14)13-24-20(26)16-11-17(27-19(16)22-23-24)15-9-5-2-6-10-15/h1-11H,12-13H2,(H,21,25). The van der Waals surface area contributed by atoms with Gasteiger partial charge >= 0.3 is 0 Å². The normalized spacial score (nSPS) is 10.8. The van der Waals surface area contributed by atoms with Crippen LogP contribution in [0.2, 0.25) is 0 Å². The summed E-state index contributed by atoms with van der Waals surface area (Å²) in [5.41, 5.74) is 1.70. The lowest BCUT2D eigenvalue weighted by Gasteiger charge is -2.06. The Bertz CT molecular complexity index is 1140. The summed E-state index contributed by atoms with van der Waals surface area (Å²) in [4.78, 5) is 26.4. The van der Waals surface area contributed by atoms with Gasteiger partial charge in [0.05, 0.1) is 5.39 Å². The molecule has 0 spiro atoms. The zero-order valence-electron chi connectivity index (χ0n) is 14.3. The van der Waals surface area contributed by atoms with Crippen molar-refractivity contribution in [3.63, 3.8) is 0 Å². The molecule has 0 bridgehead atoms. The Hall–Kier alpha value is -3.32. The molecule has 7 heteroatoms. The number of nitrogens with zero attached hydrogens (tertiary/aromatic N) is 3. The third kappa shape index (κ3) is 3.78. The molecule has 4 rings (SSSR count). The maximum Gasteiger partial charge on any atom is 0.279 e. The average molecular weight is 376 g/mol. The molecule has 2 aromatic heterocycles. The number of amides is 1. The lowest BCUT2D eigenvalue weighted by molar-refractivity contribution is -0.122. The van der Waals surface area contributed by atoms with Gasteiger partial charge in [-0.25, -0.2) is 4.68 Å². The molecule has 1 N–H and O–H groups in total. The van der Waals surface area contributed by atoms with Gasteiger partial charge in [-0.2, -0.15) is 0 Å². The van der Waals surface area contributed by atoms with Gasteiger partial charge in [0.1, 0.15) is 6.54 Å². The van der Waals surface area contributed by atoms with E-state index >= 15 is 0 Å². The van der Waals surface area contributed by atoms with Crippen LogP contribution >= 0.6 is 11.3 Å². The van der Waals surface area contributed by atoms with E-state index in [1.807, 2.05) is 66.7 Å². The first kappa shape index (κ1) is 17.1. The van der Waals surface area contributed by atoms with Crippen molar-refractivity contribution < 1.29 is 4.79 Å². The molecule has 0 aliphatic carbocycles. The topological polar surface area (TPSA) is 76.9 Å². The Kier molecular flexibility index (Phi) is 4.76. The number of thiophene rings is 1. The second-order valence-electron chi connectivity index (χ2n) is 6.01. The highest BCUT2D eigenvalue weighted by Crippen LogP contribution is 2.30. The summed E-state index contributed by atoms with van der Waals surface area (Å²) in [6.45, 7) is 0.242. The van der Waals surface area contributed by atoms with Crippen LogP contribution in [0.4, 0.5) is 0 Å². The number of carbonyl (C=O) groups excluding carboxylic acids is 1. The maximum absolute atomic E-state index is 12.7. The van der Waals surface area contributed by atoms with Crippen LogP contribution in [0.25, 0.3) is 20.7 Å². The van der Waals surface area contributed by atoms with E-state index in [2.05, 4.69) is 15.6 Å². The summed E-state index contributed by atoms with van der Waals surface area (Å²) in [6.07, 6.45) is 0. The second-order valence-corrected chi connectivity index (χ2v) is 7.04. The zero-order chi connectivity index (χ0) is 18.6. The molecule has 6 nitrogen and oxygen atoms in total. The fourth-order valence-corrected chi connectivity index (χ4v) is 3.69. The number of rotatable bonds is 5. The van der Waals surface area contributed by atoms with Gasteiger partial charge in [0.2, 0.25) is 5.91 Å². The van der Waals surface area contributed by atoms with Gasteiger partial charge in [-0.15, -0.1) is 16.4 Å². The molecular weight excluding hydrogens is 360 g/mol. The van der Waals surface area contributed by atoms with Crippen LogP contribution in [0, 0.1) is 0 Å². The third-order valence-electron chi connectivity index (χ3n) is 4.11.